The Hall–Kier alpha value is -3.39. The fourth-order valence-corrected chi connectivity index (χ4v) is 3.15. The number of nitrogens with zero attached hydrogens (tertiary/aromatic N) is 3. The SMILES string of the molecule is CCc1[nH]nc(-c2cc(=O)n3[nH]cc(C(=O)Nc4ccc(Cl)cc4)c3n2)c1C. The Balaban J connectivity index is 1.76. The maximum Gasteiger partial charge on any atom is 0.273 e. The van der Waals surface area contributed by atoms with E-state index < -0.39 is 5.91 Å². The minimum absolute atomic E-state index is 0.231. The number of carbonyl (C=O) groups excluding carboxylic acids is 1. The summed E-state index contributed by atoms with van der Waals surface area (Å²) >= 11 is 5.87. The van der Waals surface area contributed by atoms with Crippen molar-refractivity contribution in [1.82, 2.24) is 24.8 Å². The number of anilines is 1. The van der Waals surface area contributed by atoms with E-state index in [4.69, 9.17) is 11.6 Å². The summed E-state index contributed by atoms with van der Waals surface area (Å²) in [6, 6.07) is 8.14. The molecule has 0 unspecified atom stereocenters. The smallest absolute Gasteiger partial charge is 0.273 e. The molecule has 0 fully saturated rings. The van der Waals surface area contributed by atoms with Gasteiger partial charge in [0.25, 0.3) is 11.5 Å². The van der Waals surface area contributed by atoms with Crippen LogP contribution in [0.15, 0.2) is 41.3 Å². The topological polar surface area (TPSA) is 108 Å². The molecule has 0 saturated heterocycles. The second-order valence-electron chi connectivity index (χ2n) is 6.32. The number of fused-ring (bicyclic) bond motifs is 1. The molecule has 4 rings (SSSR count). The number of aryl methyl sites for hydroxylation is 1. The molecule has 142 valence electrons. The molecule has 0 bridgehead atoms. The van der Waals surface area contributed by atoms with Crippen molar-refractivity contribution in [1.29, 1.82) is 0 Å². The van der Waals surface area contributed by atoms with E-state index in [0.29, 0.717) is 22.1 Å². The van der Waals surface area contributed by atoms with Gasteiger partial charge in [0, 0.05) is 28.7 Å². The zero-order valence-corrected chi connectivity index (χ0v) is 16.0. The first-order valence-corrected chi connectivity index (χ1v) is 9.08. The van der Waals surface area contributed by atoms with Gasteiger partial charge < -0.3 is 5.32 Å². The molecule has 0 spiro atoms. The third-order valence-electron chi connectivity index (χ3n) is 4.55. The van der Waals surface area contributed by atoms with Gasteiger partial charge in [0.15, 0.2) is 5.65 Å². The summed E-state index contributed by atoms with van der Waals surface area (Å²) < 4.78 is 1.23. The van der Waals surface area contributed by atoms with E-state index in [2.05, 4.69) is 25.6 Å². The number of benzene rings is 1. The highest BCUT2D eigenvalue weighted by atomic mass is 35.5. The van der Waals surface area contributed by atoms with Crippen molar-refractivity contribution in [2.75, 3.05) is 5.32 Å². The Morgan fingerprint density at radius 1 is 1.29 bits per heavy atom. The predicted octanol–water partition coefficient (Wildman–Crippen LogP) is 3.19. The van der Waals surface area contributed by atoms with Crippen molar-refractivity contribution in [2.45, 2.75) is 20.3 Å². The van der Waals surface area contributed by atoms with Crippen molar-refractivity contribution in [3.63, 3.8) is 0 Å². The molecule has 3 aromatic heterocycles. The monoisotopic (exact) mass is 396 g/mol. The Labute approximate surface area is 164 Å². The van der Waals surface area contributed by atoms with E-state index in [1.54, 1.807) is 24.3 Å². The normalized spacial score (nSPS) is 11.1. The zero-order valence-electron chi connectivity index (χ0n) is 15.2. The Morgan fingerprint density at radius 2 is 2.04 bits per heavy atom. The molecular weight excluding hydrogens is 380 g/mol. The largest absolute Gasteiger partial charge is 0.322 e. The fraction of sp³-hybridized carbons (Fsp3) is 0.158. The summed E-state index contributed by atoms with van der Waals surface area (Å²) in [4.78, 5) is 29.7. The summed E-state index contributed by atoms with van der Waals surface area (Å²) in [5, 5.41) is 13.4. The van der Waals surface area contributed by atoms with Crippen molar-refractivity contribution in [3.05, 3.63) is 68.7 Å². The molecule has 9 heteroatoms. The number of H-pyrrole nitrogens is 2. The van der Waals surface area contributed by atoms with Crippen LogP contribution in [0, 0.1) is 6.92 Å². The van der Waals surface area contributed by atoms with Gasteiger partial charge in [-0.2, -0.15) is 5.10 Å². The van der Waals surface area contributed by atoms with Gasteiger partial charge in [0.05, 0.1) is 5.69 Å². The number of aromatic nitrogens is 5. The van der Waals surface area contributed by atoms with Crippen LogP contribution in [-0.2, 0) is 6.42 Å². The van der Waals surface area contributed by atoms with Gasteiger partial charge in [-0.1, -0.05) is 18.5 Å². The number of rotatable bonds is 4. The highest BCUT2D eigenvalue weighted by molar-refractivity contribution is 6.30. The van der Waals surface area contributed by atoms with Crippen LogP contribution in [0.4, 0.5) is 5.69 Å². The number of amides is 1. The van der Waals surface area contributed by atoms with Gasteiger partial charge in [0.1, 0.15) is 11.3 Å². The van der Waals surface area contributed by atoms with Crippen LogP contribution in [0.25, 0.3) is 17.0 Å². The molecule has 1 aromatic carbocycles. The molecule has 3 heterocycles. The van der Waals surface area contributed by atoms with Crippen LogP contribution in [0.5, 0.6) is 0 Å². The van der Waals surface area contributed by atoms with Crippen LogP contribution >= 0.6 is 11.6 Å². The second-order valence-corrected chi connectivity index (χ2v) is 6.75. The van der Waals surface area contributed by atoms with E-state index >= 15 is 0 Å². The average molecular weight is 397 g/mol. The maximum absolute atomic E-state index is 12.7. The third kappa shape index (κ3) is 3.07. The van der Waals surface area contributed by atoms with E-state index in [1.807, 2.05) is 13.8 Å². The van der Waals surface area contributed by atoms with Crippen molar-refractivity contribution < 1.29 is 4.79 Å². The Morgan fingerprint density at radius 3 is 2.71 bits per heavy atom. The summed E-state index contributed by atoms with van der Waals surface area (Å²) in [6.07, 6.45) is 2.24. The summed E-state index contributed by atoms with van der Waals surface area (Å²) in [7, 11) is 0. The first-order valence-electron chi connectivity index (χ1n) is 8.70. The highest BCUT2D eigenvalue weighted by Gasteiger charge is 2.18. The molecule has 28 heavy (non-hydrogen) atoms. The lowest BCUT2D eigenvalue weighted by Gasteiger charge is -2.05. The van der Waals surface area contributed by atoms with Crippen molar-refractivity contribution in [2.24, 2.45) is 0 Å². The van der Waals surface area contributed by atoms with Crippen molar-refractivity contribution >= 4 is 28.8 Å². The molecule has 0 aliphatic heterocycles. The van der Waals surface area contributed by atoms with E-state index in [0.717, 1.165) is 17.7 Å². The van der Waals surface area contributed by atoms with Gasteiger partial charge in [0.2, 0.25) is 0 Å². The first-order chi connectivity index (χ1) is 13.5. The number of carbonyl (C=O) groups is 1. The molecule has 0 aliphatic rings. The molecule has 0 radical (unpaired) electrons. The molecule has 0 saturated carbocycles. The van der Waals surface area contributed by atoms with Crippen LogP contribution in [0.1, 0.15) is 28.5 Å². The molecule has 0 atom stereocenters. The minimum Gasteiger partial charge on any atom is -0.322 e. The van der Waals surface area contributed by atoms with Crippen LogP contribution in [0.2, 0.25) is 5.02 Å². The average Bonchev–Trinajstić information content (AvgIpc) is 3.27. The molecular formula is C19H17ClN6O2. The molecule has 1 amide bonds. The van der Waals surface area contributed by atoms with E-state index in [1.165, 1.54) is 16.8 Å². The third-order valence-corrected chi connectivity index (χ3v) is 4.80. The number of halogens is 1. The van der Waals surface area contributed by atoms with E-state index in [-0.39, 0.29) is 16.8 Å². The van der Waals surface area contributed by atoms with Crippen LogP contribution in [-0.4, -0.2) is 30.7 Å². The maximum atomic E-state index is 12.7. The van der Waals surface area contributed by atoms with Crippen molar-refractivity contribution in [3.8, 4) is 11.4 Å². The Kier molecular flexibility index (Phi) is 4.48. The second kappa shape index (κ2) is 6.97. The van der Waals surface area contributed by atoms with Gasteiger partial charge in [-0.25, -0.2) is 9.50 Å². The lowest BCUT2D eigenvalue weighted by Crippen LogP contribution is -2.17. The van der Waals surface area contributed by atoms with Crippen LogP contribution in [0.3, 0.4) is 0 Å². The lowest BCUT2D eigenvalue weighted by atomic mass is 10.1. The standard InChI is InChI=1S/C19H17ClN6O2/c1-3-14-10(2)17(25-24-14)15-8-16(27)26-18(23-15)13(9-21-26)19(28)22-12-6-4-11(20)5-7-12/h4-9,21H,3H2,1-2H3,(H,22,28)(H,24,25). The lowest BCUT2D eigenvalue weighted by molar-refractivity contribution is 0.102. The molecule has 8 nitrogen and oxygen atoms in total. The highest BCUT2D eigenvalue weighted by Crippen LogP contribution is 2.22. The van der Waals surface area contributed by atoms with Gasteiger partial charge >= 0.3 is 0 Å². The zero-order chi connectivity index (χ0) is 19.8. The van der Waals surface area contributed by atoms with Gasteiger partial charge in [-0.05, 0) is 43.2 Å². The van der Waals surface area contributed by atoms with E-state index in [9.17, 15) is 9.59 Å². The minimum atomic E-state index is -0.391. The molecule has 4 aromatic rings. The summed E-state index contributed by atoms with van der Waals surface area (Å²) in [5.74, 6) is -0.391. The molecule has 0 aliphatic carbocycles. The molecule has 3 N–H and O–H groups in total. The summed E-state index contributed by atoms with van der Waals surface area (Å²) in [5.41, 5.74) is 3.66. The predicted molar refractivity (Wildman–Crippen MR) is 107 cm³/mol. The Bertz CT molecular complexity index is 1240. The van der Waals surface area contributed by atoms with Gasteiger partial charge in [-0.15, -0.1) is 0 Å². The van der Waals surface area contributed by atoms with Crippen LogP contribution < -0.4 is 10.9 Å². The number of nitrogens with one attached hydrogen (secondary N) is 3. The number of aromatic amines is 2. The fourth-order valence-electron chi connectivity index (χ4n) is 3.03. The first kappa shape index (κ1) is 18.0. The quantitative estimate of drug-likeness (QED) is 0.492. The number of hydrogen-bond acceptors (Lipinski definition) is 4. The number of hydrogen-bond donors (Lipinski definition) is 3. The van der Waals surface area contributed by atoms with Gasteiger partial charge in [-0.3, -0.25) is 19.8 Å². The summed E-state index contributed by atoms with van der Waals surface area (Å²) in [6.45, 7) is 3.94.